The van der Waals surface area contributed by atoms with Crippen LogP contribution in [0.5, 0.6) is 11.5 Å². The van der Waals surface area contributed by atoms with Crippen LogP contribution in [0.1, 0.15) is 79.0 Å². The van der Waals surface area contributed by atoms with Gasteiger partial charge in [-0.25, -0.2) is 4.98 Å². The van der Waals surface area contributed by atoms with Gasteiger partial charge in [-0.1, -0.05) is 111 Å². The second-order valence-electron chi connectivity index (χ2n) is 17.5. The van der Waals surface area contributed by atoms with Crippen molar-refractivity contribution in [3.05, 3.63) is 144 Å². The molecule has 5 nitrogen and oxygen atoms in total. The molecule has 2 aromatic heterocycles. The third kappa shape index (κ3) is 6.33. The third-order valence-electron chi connectivity index (χ3n) is 10.5. The largest absolute Gasteiger partial charge is 0.457 e. The van der Waals surface area contributed by atoms with Gasteiger partial charge in [0.2, 0.25) is 0 Å². The first kappa shape index (κ1) is 34.5. The molecule has 3 heterocycles. The molecule has 0 fully saturated rings. The highest BCUT2D eigenvalue weighted by Crippen LogP contribution is 2.47. The van der Waals surface area contributed by atoms with Crippen molar-refractivity contribution >= 4 is 44.6 Å². The molecule has 0 saturated heterocycles. The van der Waals surface area contributed by atoms with Crippen LogP contribution in [-0.2, 0) is 16.2 Å². The molecule has 0 N–H and O–H groups in total. The van der Waals surface area contributed by atoms with Gasteiger partial charge in [-0.2, -0.15) is 0 Å². The summed E-state index contributed by atoms with van der Waals surface area (Å²) in [5, 5.41) is 2.40. The summed E-state index contributed by atoms with van der Waals surface area (Å²) in [6.07, 6.45) is 1.94. The monoisotopic (exact) mass is 698 g/mol. The molecular formula is C48H50N4O. The number of aromatic nitrogens is 2. The van der Waals surface area contributed by atoms with E-state index in [1.807, 2.05) is 6.20 Å². The van der Waals surface area contributed by atoms with E-state index < -0.39 is 0 Å². The van der Waals surface area contributed by atoms with E-state index in [1.165, 1.54) is 39.0 Å². The zero-order chi connectivity index (χ0) is 37.3. The Bertz CT molecular complexity index is 2470. The molecule has 0 unspecified atom stereocenters. The second-order valence-corrected chi connectivity index (χ2v) is 17.5. The molecule has 0 aliphatic carbocycles. The average Bonchev–Trinajstić information content (AvgIpc) is 3.66. The van der Waals surface area contributed by atoms with Gasteiger partial charge in [0.15, 0.2) is 0 Å². The Balaban J connectivity index is 1.30. The van der Waals surface area contributed by atoms with E-state index in [9.17, 15) is 0 Å². The van der Waals surface area contributed by atoms with Crippen molar-refractivity contribution in [2.75, 3.05) is 16.5 Å². The first-order valence-electron chi connectivity index (χ1n) is 18.7. The zero-order valence-electron chi connectivity index (χ0n) is 32.5. The lowest BCUT2D eigenvalue weighted by molar-refractivity contribution is 0.453. The summed E-state index contributed by atoms with van der Waals surface area (Å²) in [5.41, 5.74) is 10.2. The van der Waals surface area contributed by atoms with Crippen LogP contribution in [0.4, 0.5) is 22.7 Å². The molecule has 0 atom stereocenters. The maximum Gasteiger partial charge on any atom is 0.137 e. The molecule has 0 radical (unpaired) electrons. The molecule has 1 aliphatic heterocycles. The second kappa shape index (κ2) is 12.5. The lowest BCUT2D eigenvalue weighted by Crippen LogP contribution is -2.24. The Labute approximate surface area is 314 Å². The highest BCUT2D eigenvalue weighted by molar-refractivity contribution is 6.10. The summed E-state index contributed by atoms with van der Waals surface area (Å²) >= 11 is 0. The van der Waals surface area contributed by atoms with Gasteiger partial charge in [0, 0.05) is 46.0 Å². The molecule has 0 saturated carbocycles. The minimum absolute atomic E-state index is 0.00607. The third-order valence-corrected chi connectivity index (χ3v) is 10.5. The van der Waals surface area contributed by atoms with Crippen LogP contribution in [0.2, 0.25) is 0 Å². The summed E-state index contributed by atoms with van der Waals surface area (Å²) < 4.78 is 9.47. The van der Waals surface area contributed by atoms with Crippen molar-refractivity contribution in [2.45, 2.75) is 78.6 Å². The van der Waals surface area contributed by atoms with Crippen LogP contribution in [0.3, 0.4) is 0 Å². The van der Waals surface area contributed by atoms with Crippen LogP contribution in [-0.4, -0.2) is 16.2 Å². The number of fused-ring (bicyclic) bond motifs is 4. The standard InChI is InChI=1S/C48H50N4O/c1-46(2,3)32-23-24-49-45(27-32)52-40-20-14-13-19-37(40)38-29-39(48(7,8)9)44(30-43(38)52)53-36-26-33(47(4,5)6)25-35(28-36)51-31-50(34-17-11-10-12-18-34)41-21-15-16-22-42(41)51/h10-30H,31H2,1-9H3. The summed E-state index contributed by atoms with van der Waals surface area (Å²) in [5.74, 6) is 2.58. The predicted molar refractivity (Wildman–Crippen MR) is 223 cm³/mol. The van der Waals surface area contributed by atoms with Gasteiger partial charge in [0.05, 0.1) is 22.4 Å². The minimum atomic E-state index is -0.175. The minimum Gasteiger partial charge on any atom is -0.457 e. The molecule has 0 amide bonds. The van der Waals surface area contributed by atoms with Crippen LogP contribution in [0.25, 0.3) is 27.6 Å². The molecule has 8 rings (SSSR count). The number of nitrogens with zero attached hydrogens (tertiary/aromatic N) is 4. The van der Waals surface area contributed by atoms with Crippen molar-refractivity contribution in [1.29, 1.82) is 0 Å². The topological polar surface area (TPSA) is 33.5 Å². The van der Waals surface area contributed by atoms with Gasteiger partial charge >= 0.3 is 0 Å². The maximum atomic E-state index is 7.17. The molecule has 5 aromatic carbocycles. The first-order valence-corrected chi connectivity index (χ1v) is 18.7. The number of rotatable bonds is 5. The normalized spacial score (nSPS) is 13.6. The lowest BCUT2D eigenvalue weighted by Gasteiger charge is -2.27. The predicted octanol–water partition coefficient (Wildman–Crippen LogP) is 13.1. The highest BCUT2D eigenvalue weighted by Gasteiger charge is 2.30. The molecule has 0 spiro atoms. The van der Waals surface area contributed by atoms with E-state index in [2.05, 4.69) is 198 Å². The fraction of sp³-hybridized carbons (Fsp3) is 0.271. The Morgan fingerprint density at radius 2 is 1.17 bits per heavy atom. The van der Waals surface area contributed by atoms with Gasteiger partial charge in [0.1, 0.15) is 24.0 Å². The summed E-state index contributed by atoms with van der Waals surface area (Å²) in [6.45, 7) is 21.1. The summed E-state index contributed by atoms with van der Waals surface area (Å²) in [7, 11) is 0. The van der Waals surface area contributed by atoms with Crippen molar-refractivity contribution in [2.24, 2.45) is 0 Å². The molecule has 5 heteroatoms. The zero-order valence-corrected chi connectivity index (χ0v) is 32.5. The van der Waals surface area contributed by atoms with Crippen LogP contribution < -0.4 is 14.5 Å². The number of ether oxygens (including phenoxy) is 1. The maximum absolute atomic E-state index is 7.17. The lowest BCUT2D eigenvalue weighted by atomic mass is 9.85. The van der Waals surface area contributed by atoms with Gasteiger partial charge in [-0.05, 0) is 88.0 Å². The highest BCUT2D eigenvalue weighted by atomic mass is 16.5. The Hall–Kier alpha value is -5.55. The van der Waals surface area contributed by atoms with Gasteiger partial charge in [-0.15, -0.1) is 0 Å². The van der Waals surface area contributed by atoms with Crippen molar-refractivity contribution in [3.8, 4) is 17.3 Å². The van der Waals surface area contributed by atoms with Crippen molar-refractivity contribution < 1.29 is 4.74 Å². The van der Waals surface area contributed by atoms with Gasteiger partial charge in [-0.3, -0.25) is 4.57 Å². The number of hydrogen-bond donors (Lipinski definition) is 0. The van der Waals surface area contributed by atoms with E-state index in [0.29, 0.717) is 6.67 Å². The Kier molecular flexibility index (Phi) is 8.17. The smallest absolute Gasteiger partial charge is 0.137 e. The molecule has 53 heavy (non-hydrogen) atoms. The fourth-order valence-electron chi connectivity index (χ4n) is 7.54. The van der Waals surface area contributed by atoms with Gasteiger partial charge in [0.25, 0.3) is 0 Å². The fourth-order valence-corrected chi connectivity index (χ4v) is 7.54. The van der Waals surface area contributed by atoms with Crippen LogP contribution in [0, 0.1) is 0 Å². The van der Waals surface area contributed by atoms with Crippen LogP contribution >= 0.6 is 0 Å². The molecule has 268 valence electrons. The number of anilines is 4. The van der Waals surface area contributed by atoms with E-state index in [-0.39, 0.29) is 16.2 Å². The number of pyridine rings is 1. The van der Waals surface area contributed by atoms with Crippen molar-refractivity contribution in [1.82, 2.24) is 9.55 Å². The summed E-state index contributed by atoms with van der Waals surface area (Å²) in [6, 6.07) is 43.7. The van der Waals surface area contributed by atoms with Gasteiger partial charge < -0.3 is 14.5 Å². The number of benzene rings is 5. The van der Waals surface area contributed by atoms with E-state index >= 15 is 0 Å². The SMILES string of the molecule is CC(C)(C)c1cc(Oc2cc3c(cc2C(C)(C)C)c2ccccc2n3-c2cc(C(C)(C)C)ccn2)cc(N2CN(c3ccccc3)c3ccccc32)c1. The molecule has 1 aliphatic rings. The number of para-hydroxylation sites is 4. The quantitative estimate of drug-likeness (QED) is 0.179. The first-order chi connectivity index (χ1) is 25.2. The Morgan fingerprint density at radius 3 is 1.85 bits per heavy atom. The van der Waals surface area contributed by atoms with Crippen LogP contribution in [0.15, 0.2) is 128 Å². The Morgan fingerprint density at radius 1 is 0.528 bits per heavy atom. The summed E-state index contributed by atoms with van der Waals surface area (Å²) in [4.78, 5) is 9.72. The van der Waals surface area contributed by atoms with E-state index in [0.717, 1.165) is 39.6 Å². The van der Waals surface area contributed by atoms with Crippen molar-refractivity contribution in [3.63, 3.8) is 0 Å². The molecule has 7 aromatic rings. The van der Waals surface area contributed by atoms with E-state index in [4.69, 9.17) is 9.72 Å². The molecular weight excluding hydrogens is 649 g/mol. The average molecular weight is 699 g/mol. The number of hydrogen-bond acceptors (Lipinski definition) is 4. The molecule has 0 bridgehead atoms. The van der Waals surface area contributed by atoms with E-state index in [1.54, 1.807) is 0 Å².